The Morgan fingerprint density at radius 3 is 2.41 bits per heavy atom. The molecular formula is C28H26F2N6O. The summed E-state index contributed by atoms with van der Waals surface area (Å²) >= 11 is 0. The number of fused-ring (bicyclic) bond motifs is 1. The van der Waals surface area contributed by atoms with Gasteiger partial charge < -0.3 is 10.1 Å². The normalized spacial score (nSPS) is 11.3. The van der Waals surface area contributed by atoms with E-state index in [0.717, 1.165) is 16.8 Å². The highest BCUT2D eigenvalue weighted by molar-refractivity contribution is 5.91. The van der Waals surface area contributed by atoms with E-state index >= 15 is 0 Å². The second-order valence-electron chi connectivity index (χ2n) is 8.84. The fraction of sp³-hybridized carbons (Fsp3) is 0.214. The number of hydrogen-bond acceptors (Lipinski definition) is 6. The summed E-state index contributed by atoms with van der Waals surface area (Å²) < 4.78 is 36.5. The van der Waals surface area contributed by atoms with Gasteiger partial charge in [-0.2, -0.15) is 5.10 Å². The molecule has 9 heteroatoms. The predicted molar refractivity (Wildman–Crippen MR) is 139 cm³/mol. The number of aromatic nitrogens is 5. The maximum atomic E-state index is 14.9. The quantitative estimate of drug-likeness (QED) is 0.263. The van der Waals surface area contributed by atoms with Gasteiger partial charge in [0.2, 0.25) is 0 Å². The lowest BCUT2D eigenvalue weighted by Gasteiger charge is -2.11. The van der Waals surface area contributed by atoms with Crippen LogP contribution in [-0.4, -0.2) is 31.3 Å². The van der Waals surface area contributed by atoms with E-state index < -0.39 is 11.6 Å². The molecular weight excluding hydrogens is 474 g/mol. The van der Waals surface area contributed by atoms with E-state index in [1.807, 2.05) is 42.5 Å². The van der Waals surface area contributed by atoms with E-state index in [2.05, 4.69) is 24.1 Å². The summed E-state index contributed by atoms with van der Waals surface area (Å²) in [7, 11) is 0. The maximum Gasteiger partial charge on any atom is 0.182 e. The number of benzene rings is 2. The van der Waals surface area contributed by atoms with Crippen LogP contribution in [0.1, 0.15) is 37.9 Å². The summed E-state index contributed by atoms with van der Waals surface area (Å²) in [5.41, 5.74) is 2.82. The molecule has 0 bridgehead atoms. The second kappa shape index (κ2) is 10.3. The fourth-order valence-electron chi connectivity index (χ4n) is 4.06. The molecule has 0 saturated heterocycles. The standard InChI is InChI=1S/C28H26F2N6O/c1-4-37-19-13-22(29)21(23(30)14-19)16-36-25-8-6-5-7-20(25)27(35-36)28-33-24(17(2)3)15-26(34-28)32-18-9-11-31-12-10-18/h5-15,17H,4,16H2,1-3H3,(H,31,32,33,34). The Morgan fingerprint density at radius 1 is 0.973 bits per heavy atom. The first-order valence-corrected chi connectivity index (χ1v) is 12.1. The third kappa shape index (κ3) is 5.11. The SMILES string of the molecule is CCOc1cc(F)c(Cn2nc(-c3nc(Nc4ccncc4)cc(C(C)C)n3)c3ccccc32)c(F)c1. The Hall–Kier alpha value is -4.40. The Morgan fingerprint density at radius 2 is 1.70 bits per heavy atom. The second-order valence-corrected chi connectivity index (χ2v) is 8.84. The zero-order chi connectivity index (χ0) is 25.9. The van der Waals surface area contributed by atoms with Crippen LogP contribution in [0.15, 0.2) is 67.0 Å². The topological polar surface area (TPSA) is 77.8 Å². The van der Waals surface area contributed by atoms with E-state index in [4.69, 9.17) is 19.8 Å². The van der Waals surface area contributed by atoms with E-state index in [1.165, 1.54) is 12.1 Å². The Labute approximate surface area is 213 Å². The van der Waals surface area contributed by atoms with E-state index in [-0.39, 0.29) is 23.8 Å². The predicted octanol–water partition coefficient (Wildman–Crippen LogP) is 6.48. The number of rotatable bonds is 8. The summed E-state index contributed by atoms with van der Waals surface area (Å²) in [4.78, 5) is 13.6. The number of ether oxygens (including phenoxy) is 1. The molecule has 0 atom stereocenters. The third-order valence-electron chi connectivity index (χ3n) is 5.89. The Kier molecular flexibility index (Phi) is 6.76. The van der Waals surface area contributed by atoms with Gasteiger partial charge in [-0.1, -0.05) is 32.0 Å². The van der Waals surface area contributed by atoms with Crippen molar-refractivity contribution in [2.45, 2.75) is 33.2 Å². The van der Waals surface area contributed by atoms with Gasteiger partial charge in [-0.05, 0) is 31.0 Å². The van der Waals surface area contributed by atoms with Crippen LogP contribution in [0.2, 0.25) is 0 Å². The molecule has 3 aromatic heterocycles. The molecule has 7 nitrogen and oxygen atoms in total. The van der Waals surface area contributed by atoms with Crippen LogP contribution in [0.25, 0.3) is 22.4 Å². The van der Waals surface area contributed by atoms with E-state index in [1.54, 1.807) is 24.0 Å². The summed E-state index contributed by atoms with van der Waals surface area (Å²) in [6.07, 6.45) is 3.39. The van der Waals surface area contributed by atoms with E-state index in [9.17, 15) is 8.78 Å². The summed E-state index contributed by atoms with van der Waals surface area (Å²) in [6.45, 7) is 6.08. The van der Waals surface area contributed by atoms with Crippen molar-refractivity contribution in [1.29, 1.82) is 0 Å². The molecule has 37 heavy (non-hydrogen) atoms. The van der Waals surface area contributed by atoms with E-state index in [0.29, 0.717) is 29.5 Å². The van der Waals surface area contributed by atoms with Crippen molar-refractivity contribution >= 4 is 22.4 Å². The van der Waals surface area contributed by atoms with Gasteiger partial charge in [0.1, 0.15) is 28.9 Å². The van der Waals surface area contributed by atoms with Gasteiger partial charge in [0.15, 0.2) is 5.82 Å². The van der Waals surface area contributed by atoms with Crippen molar-refractivity contribution in [2.24, 2.45) is 0 Å². The zero-order valence-corrected chi connectivity index (χ0v) is 20.7. The Balaban J connectivity index is 1.59. The minimum atomic E-state index is -0.688. The van der Waals surface area contributed by atoms with Crippen molar-refractivity contribution < 1.29 is 13.5 Å². The van der Waals surface area contributed by atoms with Crippen LogP contribution in [0.5, 0.6) is 5.75 Å². The molecule has 0 aliphatic rings. The number of pyridine rings is 1. The highest BCUT2D eigenvalue weighted by atomic mass is 19.1. The van der Waals surface area contributed by atoms with Gasteiger partial charge in [-0.25, -0.2) is 18.7 Å². The molecule has 0 amide bonds. The minimum absolute atomic E-state index is 0.0971. The first-order valence-electron chi connectivity index (χ1n) is 12.1. The lowest BCUT2D eigenvalue weighted by atomic mass is 10.1. The zero-order valence-electron chi connectivity index (χ0n) is 20.7. The lowest BCUT2D eigenvalue weighted by Crippen LogP contribution is -2.08. The van der Waals surface area contributed by atoms with Crippen molar-refractivity contribution in [2.75, 3.05) is 11.9 Å². The minimum Gasteiger partial charge on any atom is -0.494 e. The molecule has 2 aromatic carbocycles. The molecule has 0 saturated carbocycles. The number of nitrogens with one attached hydrogen (secondary N) is 1. The number of anilines is 2. The molecule has 0 radical (unpaired) electrons. The molecule has 3 heterocycles. The number of nitrogens with zero attached hydrogens (tertiary/aromatic N) is 5. The third-order valence-corrected chi connectivity index (χ3v) is 5.89. The van der Waals surface area contributed by atoms with Crippen LogP contribution in [0.4, 0.5) is 20.3 Å². The molecule has 5 rings (SSSR count). The highest BCUT2D eigenvalue weighted by Crippen LogP contribution is 2.30. The smallest absolute Gasteiger partial charge is 0.182 e. The van der Waals surface area contributed by atoms with Gasteiger partial charge in [0.05, 0.1) is 18.7 Å². The van der Waals surface area contributed by atoms with Gasteiger partial charge >= 0.3 is 0 Å². The van der Waals surface area contributed by atoms with Crippen LogP contribution >= 0.6 is 0 Å². The van der Waals surface area contributed by atoms with Gasteiger partial charge in [0.25, 0.3) is 0 Å². The monoisotopic (exact) mass is 500 g/mol. The molecule has 0 aliphatic heterocycles. The molecule has 0 spiro atoms. The largest absolute Gasteiger partial charge is 0.494 e. The fourth-order valence-corrected chi connectivity index (χ4v) is 4.06. The average molecular weight is 501 g/mol. The first kappa shape index (κ1) is 24.3. The number of halogens is 2. The Bertz CT molecular complexity index is 1530. The molecule has 0 unspecified atom stereocenters. The van der Waals surface area contributed by atoms with Crippen molar-refractivity contribution in [3.05, 3.63) is 89.9 Å². The molecule has 188 valence electrons. The molecule has 0 fully saturated rings. The van der Waals surface area contributed by atoms with Gasteiger partial charge in [0, 0.05) is 52.9 Å². The van der Waals surface area contributed by atoms with Crippen molar-refractivity contribution in [3.8, 4) is 17.3 Å². The van der Waals surface area contributed by atoms with Gasteiger partial charge in [-0.3, -0.25) is 9.67 Å². The molecule has 1 N–H and O–H groups in total. The number of para-hydroxylation sites is 1. The van der Waals surface area contributed by atoms with Crippen LogP contribution in [-0.2, 0) is 6.54 Å². The van der Waals surface area contributed by atoms with Crippen LogP contribution in [0.3, 0.4) is 0 Å². The summed E-state index contributed by atoms with van der Waals surface area (Å²) in [6, 6.07) is 15.5. The summed E-state index contributed by atoms with van der Waals surface area (Å²) in [5.74, 6) is -0.0500. The van der Waals surface area contributed by atoms with Gasteiger partial charge in [-0.15, -0.1) is 0 Å². The van der Waals surface area contributed by atoms with Crippen LogP contribution < -0.4 is 10.1 Å². The first-order chi connectivity index (χ1) is 17.9. The maximum absolute atomic E-state index is 14.9. The molecule has 5 aromatic rings. The van der Waals surface area contributed by atoms with Crippen molar-refractivity contribution in [1.82, 2.24) is 24.7 Å². The van der Waals surface area contributed by atoms with Crippen molar-refractivity contribution in [3.63, 3.8) is 0 Å². The highest BCUT2D eigenvalue weighted by Gasteiger charge is 2.20. The number of hydrogen-bond donors (Lipinski definition) is 1. The van der Waals surface area contributed by atoms with Crippen LogP contribution in [0, 0.1) is 11.6 Å². The summed E-state index contributed by atoms with van der Waals surface area (Å²) in [5, 5.41) is 8.81. The molecule has 0 aliphatic carbocycles. The lowest BCUT2D eigenvalue weighted by molar-refractivity contribution is 0.335. The average Bonchev–Trinajstić information content (AvgIpc) is 3.25.